The van der Waals surface area contributed by atoms with Crippen LogP contribution in [0.5, 0.6) is 5.75 Å². The normalized spacial score (nSPS) is 13.0. The largest absolute Gasteiger partial charge is 0.486 e. The fourth-order valence-electron chi connectivity index (χ4n) is 1.38. The van der Waals surface area contributed by atoms with Crippen LogP contribution in [0.25, 0.3) is 0 Å². The maximum Gasteiger partial charge on any atom is 0.313 e. The summed E-state index contributed by atoms with van der Waals surface area (Å²) in [5, 5.41) is 10.7. The minimum absolute atomic E-state index is 0.0849. The molecule has 1 aromatic rings. The molecule has 0 aromatic heterocycles. The smallest absolute Gasteiger partial charge is 0.313 e. The monoisotopic (exact) mass is 311 g/mol. The van der Waals surface area contributed by atoms with Crippen LogP contribution in [0.15, 0.2) is 18.2 Å². The zero-order valence-electron chi connectivity index (χ0n) is 9.88. The highest BCUT2D eigenvalue weighted by Crippen LogP contribution is 2.27. The molecular weight excluding hydrogens is 301 g/mol. The third-order valence-corrected chi connectivity index (χ3v) is 3.47. The van der Waals surface area contributed by atoms with Gasteiger partial charge in [-0.1, -0.05) is 6.92 Å². The lowest BCUT2D eigenvalue weighted by molar-refractivity contribution is -0.386. The van der Waals surface area contributed by atoms with Crippen LogP contribution in [0.3, 0.4) is 0 Å². The van der Waals surface area contributed by atoms with E-state index < -0.39 is 31.4 Å². The van der Waals surface area contributed by atoms with E-state index in [4.69, 9.17) is 15.4 Å². The molecule has 0 fully saturated rings. The minimum Gasteiger partial charge on any atom is -0.486 e. The van der Waals surface area contributed by atoms with Crippen LogP contribution in [-0.4, -0.2) is 25.7 Å². The van der Waals surface area contributed by atoms with Gasteiger partial charge in [-0.25, -0.2) is 12.8 Å². The Hall–Kier alpha value is -1.41. The first-order valence-electron chi connectivity index (χ1n) is 5.18. The van der Waals surface area contributed by atoms with E-state index in [1.807, 2.05) is 0 Å². The van der Waals surface area contributed by atoms with Gasteiger partial charge in [-0.3, -0.25) is 10.1 Å². The van der Waals surface area contributed by atoms with Crippen LogP contribution in [0.1, 0.15) is 6.92 Å². The summed E-state index contributed by atoms with van der Waals surface area (Å²) in [6.45, 7) is 1.48. The Morgan fingerprint density at radius 2 is 2.16 bits per heavy atom. The van der Waals surface area contributed by atoms with Crippen molar-refractivity contribution >= 4 is 25.4 Å². The standard InChI is InChI=1S/C10H11ClFNO5S/c1-7(6-19(11,16)17)5-18-10-3-2-8(12)4-9(10)13(14)15/h2-4,7H,5-6H2,1H3. The predicted molar refractivity (Wildman–Crippen MR) is 67.4 cm³/mol. The highest BCUT2D eigenvalue weighted by Gasteiger charge is 2.18. The third-order valence-electron chi connectivity index (χ3n) is 2.12. The molecule has 0 spiro atoms. The molecule has 6 nitrogen and oxygen atoms in total. The average Bonchev–Trinajstić information content (AvgIpc) is 2.24. The number of rotatable bonds is 6. The maximum atomic E-state index is 12.9. The molecule has 0 radical (unpaired) electrons. The summed E-state index contributed by atoms with van der Waals surface area (Å²) in [6, 6.07) is 2.87. The van der Waals surface area contributed by atoms with Crippen LogP contribution in [-0.2, 0) is 9.05 Å². The molecule has 9 heteroatoms. The quantitative estimate of drug-likeness (QED) is 0.457. The fourth-order valence-corrected chi connectivity index (χ4v) is 2.80. The number of hydrogen-bond acceptors (Lipinski definition) is 5. The van der Waals surface area contributed by atoms with Crippen molar-refractivity contribution in [3.63, 3.8) is 0 Å². The maximum absolute atomic E-state index is 12.9. The van der Waals surface area contributed by atoms with Gasteiger partial charge in [0.05, 0.1) is 23.3 Å². The number of nitro groups is 1. The van der Waals surface area contributed by atoms with Crippen molar-refractivity contribution in [3.05, 3.63) is 34.1 Å². The summed E-state index contributed by atoms with van der Waals surface area (Å²) in [5.74, 6) is -1.64. The first-order valence-corrected chi connectivity index (χ1v) is 7.66. The van der Waals surface area contributed by atoms with E-state index in [0.29, 0.717) is 0 Å². The number of halogens is 2. The Bertz CT molecular complexity index is 577. The molecular formula is C10H11ClFNO5S. The molecule has 1 atom stereocenters. The van der Waals surface area contributed by atoms with E-state index in [-0.39, 0.29) is 18.1 Å². The number of ether oxygens (including phenoxy) is 1. The van der Waals surface area contributed by atoms with Crippen molar-refractivity contribution < 1.29 is 22.5 Å². The van der Waals surface area contributed by atoms with Gasteiger partial charge in [0, 0.05) is 16.6 Å². The first-order chi connectivity index (χ1) is 8.69. The minimum atomic E-state index is -3.66. The highest BCUT2D eigenvalue weighted by atomic mass is 35.7. The molecule has 0 heterocycles. The van der Waals surface area contributed by atoms with E-state index in [2.05, 4.69) is 0 Å². The number of benzene rings is 1. The molecule has 19 heavy (non-hydrogen) atoms. The Kier molecular flexibility index (Phi) is 5.07. The lowest BCUT2D eigenvalue weighted by Gasteiger charge is -2.11. The molecule has 0 bridgehead atoms. The average molecular weight is 312 g/mol. The molecule has 0 aliphatic heterocycles. The molecule has 0 N–H and O–H groups in total. The van der Waals surface area contributed by atoms with E-state index in [9.17, 15) is 22.9 Å². The van der Waals surface area contributed by atoms with Crippen molar-refractivity contribution in [1.82, 2.24) is 0 Å². The van der Waals surface area contributed by atoms with E-state index in [0.717, 1.165) is 18.2 Å². The zero-order chi connectivity index (χ0) is 14.6. The fraction of sp³-hybridized carbons (Fsp3) is 0.400. The SMILES string of the molecule is CC(COc1ccc(F)cc1[N+](=O)[O-])CS(=O)(=O)Cl. The van der Waals surface area contributed by atoms with Gasteiger partial charge in [-0.15, -0.1) is 0 Å². The third kappa shape index (κ3) is 5.39. The van der Waals surface area contributed by atoms with Crippen molar-refractivity contribution in [2.75, 3.05) is 12.4 Å². The van der Waals surface area contributed by atoms with Gasteiger partial charge in [0.25, 0.3) is 0 Å². The molecule has 0 aliphatic rings. The van der Waals surface area contributed by atoms with Gasteiger partial charge in [-0.05, 0) is 12.1 Å². The van der Waals surface area contributed by atoms with Gasteiger partial charge in [0.15, 0.2) is 5.75 Å². The van der Waals surface area contributed by atoms with Crippen LogP contribution in [0.2, 0.25) is 0 Å². The number of hydrogen-bond donors (Lipinski definition) is 0. The number of nitrogens with zero attached hydrogens (tertiary/aromatic N) is 1. The summed E-state index contributed by atoms with van der Waals surface area (Å²) in [7, 11) is 1.41. The van der Waals surface area contributed by atoms with Gasteiger partial charge in [0.2, 0.25) is 9.05 Å². The molecule has 1 aromatic carbocycles. The summed E-state index contributed by atoms with van der Waals surface area (Å²) in [4.78, 5) is 9.91. The van der Waals surface area contributed by atoms with Crippen molar-refractivity contribution in [2.45, 2.75) is 6.92 Å². The Labute approximate surface area is 113 Å². The Morgan fingerprint density at radius 1 is 1.53 bits per heavy atom. The molecule has 1 unspecified atom stereocenters. The summed E-state index contributed by atoms with van der Waals surface area (Å²) < 4.78 is 39.7. The Morgan fingerprint density at radius 3 is 2.68 bits per heavy atom. The van der Waals surface area contributed by atoms with Crippen LogP contribution < -0.4 is 4.74 Å². The van der Waals surface area contributed by atoms with Crippen LogP contribution in [0, 0.1) is 21.8 Å². The van der Waals surface area contributed by atoms with Gasteiger partial charge < -0.3 is 4.74 Å². The second-order valence-corrected chi connectivity index (χ2v) is 6.81. The zero-order valence-corrected chi connectivity index (χ0v) is 11.4. The summed E-state index contributed by atoms with van der Waals surface area (Å²) in [5.41, 5.74) is -0.513. The molecule has 0 aliphatic carbocycles. The molecule has 106 valence electrons. The lowest BCUT2D eigenvalue weighted by Crippen LogP contribution is -2.16. The van der Waals surface area contributed by atoms with E-state index in [1.54, 1.807) is 6.92 Å². The molecule has 0 amide bonds. The topological polar surface area (TPSA) is 86.5 Å². The summed E-state index contributed by atoms with van der Waals surface area (Å²) in [6.07, 6.45) is 0. The van der Waals surface area contributed by atoms with Gasteiger partial charge >= 0.3 is 5.69 Å². The van der Waals surface area contributed by atoms with E-state index >= 15 is 0 Å². The first kappa shape index (κ1) is 15.6. The van der Waals surface area contributed by atoms with Crippen LogP contribution >= 0.6 is 10.7 Å². The predicted octanol–water partition coefficient (Wildman–Crippen LogP) is 2.32. The molecule has 0 saturated carbocycles. The van der Waals surface area contributed by atoms with Gasteiger partial charge in [-0.2, -0.15) is 0 Å². The second kappa shape index (κ2) is 6.16. The Balaban J connectivity index is 2.75. The van der Waals surface area contributed by atoms with Crippen LogP contribution in [0.4, 0.5) is 10.1 Å². The van der Waals surface area contributed by atoms with Gasteiger partial charge in [0.1, 0.15) is 5.82 Å². The van der Waals surface area contributed by atoms with Crippen molar-refractivity contribution in [3.8, 4) is 5.75 Å². The molecule has 1 rings (SSSR count). The molecule has 0 saturated heterocycles. The van der Waals surface area contributed by atoms with E-state index in [1.165, 1.54) is 0 Å². The van der Waals surface area contributed by atoms with Crippen molar-refractivity contribution in [2.24, 2.45) is 5.92 Å². The van der Waals surface area contributed by atoms with Crippen molar-refractivity contribution in [1.29, 1.82) is 0 Å². The second-order valence-electron chi connectivity index (χ2n) is 3.99. The lowest BCUT2D eigenvalue weighted by atomic mass is 10.2. The highest BCUT2D eigenvalue weighted by molar-refractivity contribution is 8.13. The number of nitro benzene ring substituents is 1. The summed E-state index contributed by atoms with van der Waals surface area (Å²) >= 11 is 0.